The van der Waals surface area contributed by atoms with Gasteiger partial charge in [0, 0.05) is 17.7 Å². The van der Waals surface area contributed by atoms with Crippen molar-refractivity contribution in [2.75, 3.05) is 0 Å². The van der Waals surface area contributed by atoms with Crippen LogP contribution < -0.4 is 4.74 Å². The summed E-state index contributed by atoms with van der Waals surface area (Å²) in [4.78, 5) is 0. The standard InChI is InChI=1S/C14H10Cl2O3/c15-10-4-2-7-1-3-9-11(18)5-8(17)6-12(9)19-14(7)13(10)16/h2,4-6,17-18H,1,3H2. The normalized spacial score (nSPS) is 13.2. The summed E-state index contributed by atoms with van der Waals surface area (Å²) in [7, 11) is 0. The van der Waals surface area contributed by atoms with Crippen LogP contribution in [0.4, 0.5) is 0 Å². The highest BCUT2D eigenvalue weighted by Crippen LogP contribution is 2.44. The lowest BCUT2D eigenvalue weighted by Gasteiger charge is -2.12. The van der Waals surface area contributed by atoms with Crippen LogP contribution in [-0.2, 0) is 12.8 Å². The van der Waals surface area contributed by atoms with Crippen LogP contribution in [0.5, 0.6) is 23.0 Å². The molecule has 0 amide bonds. The number of benzene rings is 2. The lowest BCUT2D eigenvalue weighted by Crippen LogP contribution is -1.90. The zero-order valence-corrected chi connectivity index (χ0v) is 11.3. The average molecular weight is 297 g/mol. The fraction of sp³-hybridized carbons (Fsp3) is 0.143. The zero-order valence-electron chi connectivity index (χ0n) is 9.78. The van der Waals surface area contributed by atoms with E-state index in [0.717, 1.165) is 5.56 Å². The van der Waals surface area contributed by atoms with Gasteiger partial charge in [0.1, 0.15) is 22.3 Å². The molecule has 98 valence electrons. The molecule has 2 aromatic carbocycles. The first-order valence-corrected chi connectivity index (χ1v) is 6.51. The lowest BCUT2D eigenvalue weighted by atomic mass is 10.0. The Morgan fingerprint density at radius 3 is 2.63 bits per heavy atom. The van der Waals surface area contributed by atoms with Gasteiger partial charge in [-0.2, -0.15) is 0 Å². The summed E-state index contributed by atoms with van der Waals surface area (Å²) < 4.78 is 5.74. The minimum Gasteiger partial charge on any atom is -0.508 e. The Morgan fingerprint density at radius 1 is 1.05 bits per heavy atom. The van der Waals surface area contributed by atoms with Crippen molar-refractivity contribution in [3.63, 3.8) is 0 Å². The van der Waals surface area contributed by atoms with Crippen LogP contribution in [0.25, 0.3) is 0 Å². The molecule has 0 radical (unpaired) electrons. The Balaban J connectivity index is 2.18. The smallest absolute Gasteiger partial charge is 0.150 e. The van der Waals surface area contributed by atoms with Gasteiger partial charge in [-0.1, -0.05) is 29.3 Å². The van der Waals surface area contributed by atoms with Gasteiger partial charge >= 0.3 is 0 Å². The van der Waals surface area contributed by atoms with E-state index in [0.29, 0.717) is 39.9 Å². The molecule has 19 heavy (non-hydrogen) atoms. The molecule has 2 aromatic rings. The molecule has 0 aromatic heterocycles. The van der Waals surface area contributed by atoms with Gasteiger partial charge in [0.25, 0.3) is 0 Å². The van der Waals surface area contributed by atoms with E-state index < -0.39 is 0 Å². The van der Waals surface area contributed by atoms with Gasteiger partial charge in [-0.05, 0) is 24.5 Å². The number of aryl methyl sites for hydroxylation is 1. The molecule has 0 fully saturated rings. The summed E-state index contributed by atoms with van der Waals surface area (Å²) >= 11 is 12.1. The van der Waals surface area contributed by atoms with Gasteiger partial charge in [-0.25, -0.2) is 0 Å². The van der Waals surface area contributed by atoms with Crippen molar-refractivity contribution in [2.45, 2.75) is 12.8 Å². The van der Waals surface area contributed by atoms with E-state index in [1.807, 2.05) is 6.07 Å². The maximum atomic E-state index is 9.87. The van der Waals surface area contributed by atoms with Crippen LogP contribution >= 0.6 is 23.2 Å². The zero-order chi connectivity index (χ0) is 13.6. The number of hydrogen-bond acceptors (Lipinski definition) is 3. The number of rotatable bonds is 0. The van der Waals surface area contributed by atoms with Gasteiger partial charge in [0.2, 0.25) is 0 Å². The first-order valence-electron chi connectivity index (χ1n) is 5.76. The highest BCUT2D eigenvalue weighted by molar-refractivity contribution is 6.43. The van der Waals surface area contributed by atoms with Crippen LogP contribution in [0.15, 0.2) is 24.3 Å². The third kappa shape index (κ3) is 2.09. The second-order valence-electron chi connectivity index (χ2n) is 4.39. The van der Waals surface area contributed by atoms with E-state index >= 15 is 0 Å². The molecule has 0 atom stereocenters. The van der Waals surface area contributed by atoms with E-state index in [2.05, 4.69) is 0 Å². The van der Waals surface area contributed by atoms with Gasteiger partial charge in [0.05, 0.1) is 5.02 Å². The van der Waals surface area contributed by atoms with Crippen LogP contribution in [0.1, 0.15) is 11.1 Å². The third-order valence-corrected chi connectivity index (χ3v) is 3.95. The number of aromatic hydroxyl groups is 2. The number of ether oxygens (including phenoxy) is 1. The molecule has 0 saturated heterocycles. The van der Waals surface area contributed by atoms with Crippen molar-refractivity contribution in [2.24, 2.45) is 0 Å². The summed E-state index contributed by atoms with van der Waals surface area (Å²) in [6.07, 6.45) is 1.28. The molecule has 2 N–H and O–H groups in total. The number of phenolic OH excluding ortho intramolecular Hbond substituents is 2. The van der Waals surface area contributed by atoms with Crippen molar-refractivity contribution in [1.29, 1.82) is 0 Å². The van der Waals surface area contributed by atoms with E-state index in [9.17, 15) is 10.2 Å². The Hall–Kier alpha value is -1.58. The average Bonchev–Trinajstić information content (AvgIpc) is 2.54. The van der Waals surface area contributed by atoms with E-state index in [1.54, 1.807) is 6.07 Å². The lowest BCUT2D eigenvalue weighted by molar-refractivity contribution is 0.427. The van der Waals surface area contributed by atoms with Crippen molar-refractivity contribution in [1.82, 2.24) is 0 Å². The molecular weight excluding hydrogens is 287 g/mol. The molecule has 0 aliphatic carbocycles. The predicted octanol–water partition coefficient (Wildman–Crippen LogP) is 4.30. The molecule has 1 aliphatic rings. The topological polar surface area (TPSA) is 49.7 Å². The Labute approximate surface area is 120 Å². The van der Waals surface area contributed by atoms with Crippen LogP contribution in [0.2, 0.25) is 10.0 Å². The van der Waals surface area contributed by atoms with Crippen molar-refractivity contribution >= 4 is 23.2 Å². The minimum atomic E-state index is -0.0575. The highest BCUT2D eigenvalue weighted by atomic mass is 35.5. The molecule has 0 saturated carbocycles. The molecular formula is C14H10Cl2O3. The maximum Gasteiger partial charge on any atom is 0.150 e. The van der Waals surface area contributed by atoms with E-state index in [1.165, 1.54) is 12.1 Å². The monoisotopic (exact) mass is 296 g/mol. The number of phenols is 2. The third-order valence-electron chi connectivity index (χ3n) is 3.16. The summed E-state index contributed by atoms with van der Waals surface area (Å²) in [6, 6.07) is 6.33. The number of fused-ring (bicyclic) bond motifs is 2. The molecule has 1 heterocycles. The molecule has 0 bridgehead atoms. The SMILES string of the molecule is Oc1cc(O)c2c(c1)Oc1c(ccc(Cl)c1Cl)CC2. The van der Waals surface area contributed by atoms with Crippen LogP contribution in [0.3, 0.4) is 0 Å². The van der Waals surface area contributed by atoms with Crippen LogP contribution in [0, 0.1) is 0 Å². The van der Waals surface area contributed by atoms with Gasteiger partial charge in [-0.3, -0.25) is 0 Å². The highest BCUT2D eigenvalue weighted by Gasteiger charge is 2.21. The van der Waals surface area contributed by atoms with Gasteiger partial charge < -0.3 is 14.9 Å². The van der Waals surface area contributed by atoms with Crippen molar-refractivity contribution < 1.29 is 14.9 Å². The quantitative estimate of drug-likeness (QED) is 0.762. The van der Waals surface area contributed by atoms with Crippen LogP contribution in [-0.4, -0.2) is 10.2 Å². The second kappa shape index (κ2) is 4.51. The Morgan fingerprint density at radius 2 is 1.84 bits per heavy atom. The molecule has 3 rings (SSSR count). The second-order valence-corrected chi connectivity index (χ2v) is 5.18. The summed E-state index contributed by atoms with van der Waals surface area (Å²) in [5.74, 6) is 0.848. The largest absolute Gasteiger partial charge is 0.508 e. The first kappa shape index (κ1) is 12.5. The van der Waals surface area contributed by atoms with E-state index in [4.69, 9.17) is 27.9 Å². The maximum absolute atomic E-state index is 9.87. The number of hydrogen-bond donors (Lipinski definition) is 2. The van der Waals surface area contributed by atoms with Gasteiger partial charge in [0.15, 0.2) is 5.75 Å². The number of halogens is 2. The molecule has 1 aliphatic heterocycles. The van der Waals surface area contributed by atoms with Crippen molar-refractivity contribution in [3.8, 4) is 23.0 Å². The first-order chi connectivity index (χ1) is 9.06. The van der Waals surface area contributed by atoms with Gasteiger partial charge in [-0.15, -0.1) is 0 Å². The van der Waals surface area contributed by atoms with Crippen molar-refractivity contribution in [3.05, 3.63) is 45.4 Å². The Bertz CT molecular complexity index is 668. The minimum absolute atomic E-state index is 0.0185. The van der Waals surface area contributed by atoms with E-state index in [-0.39, 0.29) is 11.5 Å². The molecule has 3 nitrogen and oxygen atoms in total. The fourth-order valence-corrected chi connectivity index (χ4v) is 2.58. The summed E-state index contributed by atoms with van der Waals surface area (Å²) in [5.41, 5.74) is 1.57. The molecule has 5 heteroatoms. The predicted molar refractivity (Wildman–Crippen MR) is 73.7 cm³/mol. The molecule has 0 spiro atoms. The molecule has 0 unspecified atom stereocenters. The summed E-state index contributed by atoms with van der Waals surface area (Å²) in [6.45, 7) is 0. The Kier molecular flexibility index (Phi) is 2.96. The fourth-order valence-electron chi connectivity index (χ4n) is 2.21. The summed E-state index contributed by atoms with van der Waals surface area (Å²) in [5, 5.41) is 20.2.